The number of aryl methyl sites for hydroxylation is 1. The smallest absolute Gasteiger partial charge is 0.266 e. The third-order valence-corrected chi connectivity index (χ3v) is 1.93. The van der Waals surface area contributed by atoms with Crippen LogP contribution in [0.3, 0.4) is 0 Å². The minimum absolute atomic E-state index is 0.0206. The molecule has 14 heavy (non-hydrogen) atoms. The number of halogens is 2. The Morgan fingerprint density at radius 3 is 2.79 bits per heavy atom. The van der Waals surface area contributed by atoms with Crippen molar-refractivity contribution in [2.24, 2.45) is 0 Å². The number of nitrogens with zero attached hydrogens (tertiary/aromatic N) is 2. The van der Waals surface area contributed by atoms with Crippen molar-refractivity contribution >= 4 is 5.69 Å². The highest BCUT2D eigenvalue weighted by Crippen LogP contribution is 2.29. The maximum atomic E-state index is 12.6. The van der Waals surface area contributed by atoms with Gasteiger partial charge in [0.15, 0.2) is 0 Å². The number of hydrogen-bond donors (Lipinski definition) is 1. The van der Waals surface area contributed by atoms with Crippen molar-refractivity contribution in [1.82, 2.24) is 4.98 Å². The van der Waals surface area contributed by atoms with Crippen LogP contribution in [0.25, 0.3) is 0 Å². The van der Waals surface area contributed by atoms with E-state index in [1.165, 1.54) is 6.20 Å². The first-order valence-corrected chi connectivity index (χ1v) is 3.96. The molecule has 1 heterocycles. The molecule has 0 amide bonds. The topological polar surface area (TPSA) is 62.7 Å². The lowest BCUT2D eigenvalue weighted by Crippen LogP contribution is -2.04. The number of nitrogens with two attached hydrogens (primary N) is 1. The average Bonchev–Trinajstić information content (AvgIpc) is 2.11. The van der Waals surface area contributed by atoms with Gasteiger partial charge in [0.05, 0.1) is 23.9 Å². The van der Waals surface area contributed by atoms with E-state index in [9.17, 15) is 8.78 Å². The zero-order valence-electron chi connectivity index (χ0n) is 7.59. The summed E-state index contributed by atoms with van der Waals surface area (Å²) in [4.78, 5) is 3.83. The molecule has 0 radical (unpaired) electrons. The monoisotopic (exact) mass is 197 g/mol. The number of pyridine rings is 1. The van der Waals surface area contributed by atoms with Gasteiger partial charge in [-0.15, -0.1) is 0 Å². The SMILES string of the molecule is Cc1ncc(CC#N)c(C(F)F)c1N. The van der Waals surface area contributed by atoms with Gasteiger partial charge in [0.25, 0.3) is 6.43 Å². The van der Waals surface area contributed by atoms with Gasteiger partial charge >= 0.3 is 0 Å². The van der Waals surface area contributed by atoms with E-state index in [1.807, 2.05) is 0 Å². The summed E-state index contributed by atoms with van der Waals surface area (Å²) in [5, 5.41) is 8.42. The fourth-order valence-corrected chi connectivity index (χ4v) is 1.17. The molecule has 0 saturated heterocycles. The van der Waals surface area contributed by atoms with Gasteiger partial charge in [-0.1, -0.05) is 0 Å². The Bertz CT molecular complexity index is 382. The second kappa shape index (κ2) is 4.01. The van der Waals surface area contributed by atoms with E-state index in [4.69, 9.17) is 11.0 Å². The van der Waals surface area contributed by atoms with Crippen LogP contribution in [0.5, 0.6) is 0 Å². The summed E-state index contributed by atoms with van der Waals surface area (Å²) in [6.07, 6.45) is -1.49. The van der Waals surface area contributed by atoms with Gasteiger partial charge in [0, 0.05) is 11.8 Å². The molecule has 0 saturated carbocycles. The summed E-state index contributed by atoms with van der Waals surface area (Å²) in [7, 11) is 0. The fraction of sp³-hybridized carbons (Fsp3) is 0.333. The van der Waals surface area contributed by atoms with E-state index in [0.717, 1.165) is 0 Å². The van der Waals surface area contributed by atoms with Crippen LogP contribution in [0.15, 0.2) is 6.20 Å². The van der Waals surface area contributed by atoms with Gasteiger partial charge in [-0.05, 0) is 12.5 Å². The Balaban J connectivity index is 3.31. The van der Waals surface area contributed by atoms with Crippen molar-refractivity contribution in [3.05, 3.63) is 23.0 Å². The van der Waals surface area contributed by atoms with Crippen LogP contribution < -0.4 is 5.73 Å². The predicted molar refractivity (Wildman–Crippen MR) is 47.7 cm³/mol. The summed E-state index contributed by atoms with van der Waals surface area (Å²) in [6.45, 7) is 1.55. The first kappa shape index (κ1) is 10.4. The van der Waals surface area contributed by atoms with Crippen molar-refractivity contribution in [1.29, 1.82) is 5.26 Å². The molecule has 0 spiro atoms. The van der Waals surface area contributed by atoms with Crippen molar-refractivity contribution in [3.8, 4) is 6.07 Å². The summed E-state index contributed by atoms with van der Waals surface area (Å²) < 4.78 is 25.1. The second-order valence-corrected chi connectivity index (χ2v) is 2.83. The molecule has 0 atom stereocenters. The van der Waals surface area contributed by atoms with Gasteiger partial charge < -0.3 is 5.73 Å². The van der Waals surface area contributed by atoms with Crippen LogP contribution in [0.2, 0.25) is 0 Å². The largest absolute Gasteiger partial charge is 0.397 e. The number of anilines is 1. The molecule has 0 aromatic carbocycles. The van der Waals surface area contributed by atoms with Crippen molar-refractivity contribution in [2.75, 3.05) is 5.73 Å². The first-order chi connectivity index (χ1) is 6.57. The van der Waals surface area contributed by atoms with Crippen LogP contribution in [0, 0.1) is 18.3 Å². The molecule has 0 fully saturated rings. The Kier molecular flexibility index (Phi) is 2.97. The molecule has 0 aliphatic carbocycles. The summed E-state index contributed by atoms with van der Waals surface area (Å²) in [6, 6.07) is 1.80. The zero-order valence-corrected chi connectivity index (χ0v) is 7.59. The fourth-order valence-electron chi connectivity index (χ4n) is 1.17. The predicted octanol–water partition coefficient (Wildman–Crippen LogP) is 1.98. The van der Waals surface area contributed by atoms with E-state index in [1.54, 1.807) is 13.0 Å². The number of nitrogen functional groups attached to an aromatic ring is 1. The summed E-state index contributed by atoms with van der Waals surface area (Å²) in [5.74, 6) is 0. The third kappa shape index (κ3) is 1.79. The standard InChI is InChI=1S/C9H9F2N3/c1-5-8(13)7(9(10)11)6(2-3-12)4-14-5/h4,9H,2,13H2,1H3. The molecule has 1 rings (SSSR count). The molecule has 1 aromatic rings. The Morgan fingerprint density at radius 1 is 1.64 bits per heavy atom. The molecule has 0 bridgehead atoms. The third-order valence-electron chi connectivity index (χ3n) is 1.93. The summed E-state index contributed by atoms with van der Waals surface area (Å²) in [5.41, 5.74) is 5.74. The zero-order chi connectivity index (χ0) is 10.7. The highest BCUT2D eigenvalue weighted by Gasteiger charge is 2.18. The molecule has 1 aromatic heterocycles. The highest BCUT2D eigenvalue weighted by molar-refractivity contribution is 5.54. The summed E-state index contributed by atoms with van der Waals surface area (Å²) >= 11 is 0. The van der Waals surface area contributed by atoms with Gasteiger partial charge in [-0.25, -0.2) is 8.78 Å². The van der Waals surface area contributed by atoms with Crippen molar-refractivity contribution in [3.63, 3.8) is 0 Å². The maximum absolute atomic E-state index is 12.6. The van der Waals surface area contributed by atoms with Crippen LogP contribution >= 0.6 is 0 Å². The number of alkyl halides is 2. The Labute approximate surface area is 80.2 Å². The van der Waals surface area contributed by atoms with E-state index in [2.05, 4.69) is 4.98 Å². The van der Waals surface area contributed by atoms with Crippen molar-refractivity contribution < 1.29 is 8.78 Å². The van der Waals surface area contributed by atoms with Gasteiger partial charge in [0.2, 0.25) is 0 Å². The molecule has 0 unspecified atom stereocenters. The lowest BCUT2D eigenvalue weighted by atomic mass is 10.1. The Morgan fingerprint density at radius 2 is 2.29 bits per heavy atom. The molecular weight excluding hydrogens is 188 g/mol. The van der Waals surface area contributed by atoms with Crippen molar-refractivity contribution in [2.45, 2.75) is 19.8 Å². The molecule has 2 N–H and O–H groups in total. The lowest BCUT2D eigenvalue weighted by Gasteiger charge is -2.10. The van der Waals surface area contributed by atoms with Crippen LogP contribution in [-0.2, 0) is 6.42 Å². The number of rotatable bonds is 2. The molecule has 5 heteroatoms. The van der Waals surface area contributed by atoms with Gasteiger partial charge in [-0.2, -0.15) is 5.26 Å². The molecular formula is C9H9F2N3. The van der Waals surface area contributed by atoms with Crippen LogP contribution in [0.1, 0.15) is 23.2 Å². The lowest BCUT2D eigenvalue weighted by molar-refractivity contribution is 0.151. The first-order valence-electron chi connectivity index (χ1n) is 3.96. The van der Waals surface area contributed by atoms with E-state index in [0.29, 0.717) is 5.69 Å². The molecule has 74 valence electrons. The minimum atomic E-state index is -2.67. The molecule has 0 aliphatic heterocycles. The minimum Gasteiger partial charge on any atom is -0.397 e. The van der Waals surface area contributed by atoms with Gasteiger partial charge in [0.1, 0.15) is 0 Å². The highest BCUT2D eigenvalue weighted by atomic mass is 19.3. The Hall–Kier alpha value is -1.70. The van der Waals surface area contributed by atoms with E-state index in [-0.39, 0.29) is 23.2 Å². The molecule has 3 nitrogen and oxygen atoms in total. The normalized spacial score (nSPS) is 10.2. The number of hydrogen-bond acceptors (Lipinski definition) is 3. The second-order valence-electron chi connectivity index (χ2n) is 2.83. The maximum Gasteiger partial charge on any atom is 0.266 e. The van der Waals surface area contributed by atoms with Crippen LogP contribution in [-0.4, -0.2) is 4.98 Å². The van der Waals surface area contributed by atoms with E-state index >= 15 is 0 Å². The van der Waals surface area contributed by atoms with E-state index < -0.39 is 6.43 Å². The number of aromatic nitrogens is 1. The average molecular weight is 197 g/mol. The van der Waals surface area contributed by atoms with Crippen LogP contribution in [0.4, 0.5) is 14.5 Å². The number of nitriles is 1. The molecule has 0 aliphatic rings. The quantitative estimate of drug-likeness (QED) is 0.788. The van der Waals surface area contributed by atoms with Gasteiger partial charge in [-0.3, -0.25) is 4.98 Å².